The highest BCUT2D eigenvalue weighted by atomic mass is 14.9. The SMILES string of the molecule is N#CC(Cc1ccccc1)c1cnc[nH]1. The summed E-state index contributed by atoms with van der Waals surface area (Å²) in [5, 5.41) is 9.06. The molecule has 3 heteroatoms. The van der Waals surface area contributed by atoms with Crippen LogP contribution in [0.1, 0.15) is 17.2 Å². The topological polar surface area (TPSA) is 52.5 Å². The summed E-state index contributed by atoms with van der Waals surface area (Å²) in [5.41, 5.74) is 2.04. The summed E-state index contributed by atoms with van der Waals surface area (Å²) in [6.07, 6.45) is 4.03. The van der Waals surface area contributed by atoms with Gasteiger partial charge in [0, 0.05) is 6.20 Å². The monoisotopic (exact) mass is 197 g/mol. The number of nitrogens with zero attached hydrogens (tertiary/aromatic N) is 2. The first-order valence-corrected chi connectivity index (χ1v) is 4.82. The van der Waals surface area contributed by atoms with Gasteiger partial charge >= 0.3 is 0 Å². The van der Waals surface area contributed by atoms with Crippen molar-refractivity contribution < 1.29 is 0 Å². The summed E-state index contributed by atoms with van der Waals surface area (Å²) in [7, 11) is 0. The molecule has 0 aliphatic rings. The molecule has 0 saturated heterocycles. The maximum Gasteiger partial charge on any atom is 0.0922 e. The molecule has 0 spiro atoms. The van der Waals surface area contributed by atoms with Crippen LogP contribution >= 0.6 is 0 Å². The third kappa shape index (κ3) is 2.23. The average molecular weight is 197 g/mol. The second kappa shape index (κ2) is 4.43. The Morgan fingerprint density at radius 2 is 2.13 bits per heavy atom. The van der Waals surface area contributed by atoms with Crippen LogP contribution in [0, 0.1) is 11.3 Å². The van der Waals surface area contributed by atoms with E-state index in [1.807, 2.05) is 30.3 Å². The molecule has 0 aliphatic carbocycles. The van der Waals surface area contributed by atoms with Crippen LogP contribution in [0.3, 0.4) is 0 Å². The van der Waals surface area contributed by atoms with E-state index >= 15 is 0 Å². The Morgan fingerprint density at radius 1 is 1.33 bits per heavy atom. The van der Waals surface area contributed by atoms with E-state index in [0.29, 0.717) is 0 Å². The van der Waals surface area contributed by atoms with Crippen molar-refractivity contribution in [3.63, 3.8) is 0 Å². The van der Waals surface area contributed by atoms with Crippen LogP contribution in [-0.4, -0.2) is 9.97 Å². The van der Waals surface area contributed by atoms with Crippen molar-refractivity contribution in [1.29, 1.82) is 5.26 Å². The second-order valence-corrected chi connectivity index (χ2v) is 3.38. The normalized spacial score (nSPS) is 11.9. The van der Waals surface area contributed by atoms with Gasteiger partial charge in [-0.05, 0) is 12.0 Å². The predicted molar refractivity (Wildman–Crippen MR) is 57.1 cm³/mol. The van der Waals surface area contributed by atoms with E-state index in [1.54, 1.807) is 12.5 Å². The first kappa shape index (κ1) is 9.47. The fraction of sp³-hybridized carbons (Fsp3) is 0.167. The van der Waals surface area contributed by atoms with Crippen LogP contribution in [0.15, 0.2) is 42.9 Å². The molecular formula is C12H11N3. The third-order valence-electron chi connectivity index (χ3n) is 2.33. The van der Waals surface area contributed by atoms with Gasteiger partial charge in [0.25, 0.3) is 0 Å². The number of H-pyrrole nitrogens is 1. The lowest BCUT2D eigenvalue weighted by Gasteiger charge is -2.06. The number of nitriles is 1. The Labute approximate surface area is 88.4 Å². The quantitative estimate of drug-likeness (QED) is 0.820. The van der Waals surface area contributed by atoms with E-state index in [0.717, 1.165) is 12.1 Å². The molecule has 3 nitrogen and oxygen atoms in total. The molecule has 74 valence electrons. The van der Waals surface area contributed by atoms with Crippen molar-refractivity contribution in [2.75, 3.05) is 0 Å². The second-order valence-electron chi connectivity index (χ2n) is 3.38. The highest BCUT2D eigenvalue weighted by Gasteiger charge is 2.12. The number of imidazole rings is 1. The highest BCUT2D eigenvalue weighted by Crippen LogP contribution is 2.17. The summed E-state index contributed by atoms with van der Waals surface area (Å²) in [5.74, 6) is -0.144. The Kier molecular flexibility index (Phi) is 2.80. The minimum Gasteiger partial charge on any atom is -0.347 e. The molecule has 0 saturated carbocycles. The molecule has 1 unspecified atom stereocenters. The fourth-order valence-electron chi connectivity index (χ4n) is 1.53. The smallest absolute Gasteiger partial charge is 0.0922 e. The maximum atomic E-state index is 9.06. The third-order valence-corrected chi connectivity index (χ3v) is 2.33. The lowest BCUT2D eigenvalue weighted by atomic mass is 9.98. The lowest BCUT2D eigenvalue weighted by molar-refractivity contribution is 0.821. The summed E-state index contributed by atoms with van der Waals surface area (Å²) in [6.45, 7) is 0. The molecule has 0 amide bonds. The molecule has 1 aromatic carbocycles. The summed E-state index contributed by atoms with van der Waals surface area (Å²) in [6, 6.07) is 12.3. The van der Waals surface area contributed by atoms with Crippen molar-refractivity contribution in [3.05, 3.63) is 54.1 Å². The van der Waals surface area contributed by atoms with Gasteiger partial charge in [0.15, 0.2) is 0 Å². The van der Waals surface area contributed by atoms with Gasteiger partial charge < -0.3 is 4.98 Å². The number of aromatic amines is 1. The lowest BCUT2D eigenvalue weighted by Crippen LogP contribution is -2.00. The molecule has 1 heterocycles. The maximum absolute atomic E-state index is 9.06. The molecule has 15 heavy (non-hydrogen) atoms. The molecule has 1 atom stereocenters. The van der Waals surface area contributed by atoms with Crippen LogP contribution in [0.5, 0.6) is 0 Å². The van der Waals surface area contributed by atoms with Crippen molar-refractivity contribution in [1.82, 2.24) is 9.97 Å². The zero-order valence-corrected chi connectivity index (χ0v) is 8.22. The van der Waals surface area contributed by atoms with Gasteiger partial charge in [0.05, 0.1) is 24.0 Å². The minimum absolute atomic E-state index is 0.144. The van der Waals surface area contributed by atoms with E-state index in [-0.39, 0.29) is 5.92 Å². The highest BCUT2D eigenvalue weighted by molar-refractivity contribution is 5.22. The number of benzene rings is 1. The van der Waals surface area contributed by atoms with Crippen molar-refractivity contribution >= 4 is 0 Å². The van der Waals surface area contributed by atoms with E-state index in [1.165, 1.54) is 5.56 Å². The Bertz CT molecular complexity index is 439. The van der Waals surface area contributed by atoms with Crippen LogP contribution in [-0.2, 0) is 6.42 Å². The first-order valence-electron chi connectivity index (χ1n) is 4.82. The van der Waals surface area contributed by atoms with Crippen LogP contribution in [0.4, 0.5) is 0 Å². The number of nitrogens with one attached hydrogen (secondary N) is 1. The number of hydrogen-bond donors (Lipinski definition) is 1. The van der Waals surface area contributed by atoms with Gasteiger partial charge in [0.1, 0.15) is 0 Å². The van der Waals surface area contributed by atoms with E-state index in [2.05, 4.69) is 16.0 Å². The molecular weight excluding hydrogens is 186 g/mol. The van der Waals surface area contributed by atoms with E-state index in [9.17, 15) is 0 Å². The summed E-state index contributed by atoms with van der Waals surface area (Å²) in [4.78, 5) is 6.90. The van der Waals surface area contributed by atoms with Crippen LogP contribution in [0.2, 0.25) is 0 Å². The van der Waals surface area contributed by atoms with Crippen LogP contribution in [0.25, 0.3) is 0 Å². The van der Waals surface area contributed by atoms with Crippen molar-refractivity contribution in [3.8, 4) is 6.07 Å². The van der Waals surface area contributed by atoms with Gasteiger partial charge in [-0.25, -0.2) is 4.98 Å². The standard InChI is InChI=1S/C12H11N3/c13-7-11(12-8-14-9-15-12)6-10-4-2-1-3-5-10/h1-5,8-9,11H,6H2,(H,14,15). The minimum atomic E-state index is -0.144. The van der Waals surface area contributed by atoms with Gasteiger partial charge in [-0.1, -0.05) is 30.3 Å². The van der Waals surface area contributed by atoms with Crippen molar-refractivity contribution in [2.24, 2.45) is 0 Å². The number of aromatic nitrogens is 2. The van der Waals surface area contributed by atoms with Crippen molar-refractivity contribution in [2.45, 2.75) is 12.3 Å². The van der Waals surface area contributed by atoms with Gasteiger partial charge in [0.2, 0.25) is 0 Å². The largest absolute Gasteiger partial charge is 0.347 e. The summed E-state index contributed by atoms with van der Waals surface area (Å²) < 4.78 is 0. The average Bonchev–Trinajstić information content (AvgIpc) is 2.81. The van der Waals surface area contributed by atoms with E-state index < -0.39 is 0 Å². The molecule has 1 N–H and O–H groups in total. The zero-order valence-electron chi connectivity index (χ0n) is 8.22. The molecule has 0 bridgehead atoms. The first-order chi connectivity index (χ1) is 7.40. The zero-order chi connectivity index (χ0) is 10.5. The molecule has 0 aliphatic heterocycles. The predicted octanol–water partition coefficient (Wildman–Crippen LogP) is 2.26. The fourth-order valence-corrected chi connectivity index (χ4v) is 1.53. The molecule has 1 aromatic heterocycles. The number of hydrogen-bond acceptors (Lipinski definition) is 2. The van der Waals surface area contributed by atoms with Gasteiger partial charge in [-0.15, -0.1) is 0 Å². The van der Waals surface area contributed by atoms with Gasteiger partial charge in [-0.2, -0.15) is 5.26 Å². The molecule has 2 aromatic rings. The summed E-state index contributed by atoms with van der Waals surface area (Å²) >= 11 is 0. The molecule has 0 radical (unpaired) electrons. The van der Waals surface area contributed by atoms with Crippen LogP contribution < -0.4 is 0 Å². The van der Waals surface area contributed by atoms with Gasteiger partial charge in [-0.3, -0.25) is 0 Å². The number of rotatable bonds is 3. The molecule has 2 rings (SSSR count). The molecule has 0 fully saturated rings. The Morgan fingerprint density at radius 3 is 2.73 bits per heavy atom. The van der Waals surface area contributed by atoms with E-state index in [4.69, 9.17) is 5.26 Å². The Hall–Kier alpha value is -2.08. The Balaban J connectivity index is 2.14.